The Bertz CT molecular complexity index is 1130. The molecule has 0 bridgehead atoms. The van der Waals surface area contributed by atoms with E-state index < -0.39 is 0 Å². The Morgan fingerprint density at radius 3 is 2.30 bits per heavy atom. The van der Waals surface area contributed by atoms with Crippen LogP contribution in [0.2, 0.25) is 0 Å². The summed E-state index contributed by atoms with van der Waals surface area (Å²) in [5.41, 5.74) is 6.20. The van der Waals surface area contributed by atoms with Crippen LogP contribution in [-0.4, -0.2) is 30.1 Å². The molecule has 1 unspecified atom stereocenters. The average molecular weight is 397 g/mol. The first-order chi connectivity index (χ1) is 14.9. The third-order valence-corrected chi connectivity index (χ3v) is 6.27. The van der Waals surface area contributed by atoms with Gasteiger partial charge in [-0.25, -0.2) is 0 Å². The number of piperidine rings is 1. The predicted octanol–water partition coefficient (Wildman–Crippen LogP) is 6.42. The lowest BCUT2D eigenvalue weighted by molar-refractivity contribution is 0.186. The monoisotopic (exact) mass is 396 g/mol. The quantitative estimate of drug-likeness (QED) is 0.422. The summed E-state index contributed by atoms with van der Waals surface area (Å²) in [6.07, 6.45) is 3.80. The zero-order chi connectivity index (χ0) is 20.3. The van der Waals surface area contributed by atoms with Gasteiger partial charge in [-0.2, -0.15) is 0 Å². The van der Waals surface area contributed by atoms with Crippen molar-refractivity contribution in [3.8, 4) is 17.0 Å². The Labute approximate surface area is 178 Å². The fourth-order valence-electron chi connectivity index (χ4n) is 4.88. The second kappa shape index (κ2) is 8.37. The molecule has 1 aromatic heterocycles. The Balaban J connectivity index is 1.79. The summed E-state index contributed by atoms with van der Waals surface area (Å²) in [5.74, 6) is 0.956. The van der Waals surface area contributed by atoms with Crippen molar-refractivity contribution in [2.75, 3.05) is 20.2 Å². The van der Waals surface area contributed by atoms with Crippen molar-refractivity contribution in [2.45, 2.75) is 25.3 Å². The molecule has 5 rings (SSSR count). The molecule has 152 valence electrons. The minimum absolute atomic E-state index is 0.146. The molecule has 3 nitrogen and oxygen atoms in total. The molecule has 0 spiro atoms. The van der Waals surface area contributed by atoms with Crippen LogP contribution in [0.3, 0.4) is 0 Å². The number of rotatable bonds is 5. The van der Waals surface area contributed by atoms with Crippen LogP contribution in [0.15, 0.2) is 78.9 Å². The number of likely N-dealkylation sites (tertiary alicyclic amines) is 1. The first-order valence-corrected chi connectivity index (χ1v) is 10.9. The van der Waals surface area contributed by atoms with Gasteiger partial charge in [-0.1, -0.05) is 73.2 Å². The minimum atomic E-state index is 0.146. The molecule has 1 N–H and O–H groups in total. The fourth-order valence-corrected chi connectivity index (χ4v) is 4.88. The maximum absolute atomic E-state index is 5.84. The van der Waals surface area contributed by atoms with Crippen molar-refractivity contribution >= 4 is 10.9 Å². The van der Waals surface area contributed by atoms with E-state index in [1.54, 1.807) is 7.11 Å². The second-order valence-corrected chi connectivity index (χ2v) is 8.07. The molecule has 30 heavy (non-hydrogen) atoms. The number of aromatic amines is 1. The average Bonchev–Trinajstić information content (AvgIpc) is 3.20. The van der Waals surface area contributed by atoms with Crippen molar-refractivity contribution in [2.24, 2.45) is 0 Å². The van der Waals surface area contributed by atoms with E-state index in [0.717, 1.165) is 18.8 Å². The van der Waals surface area contributed by atoms with E-state index in [-0.39, 0.29) is 6.04 Å². The Kier molecular flexibility index (Phi) is 5.29. The third-order valence-electron chi connectivity index (χ3n) is 6.27. The molecule has 0 aliphatic carbocycles. The van der Waals surface area contributed by atoms with Crippen molar-refractivity contribution in [1.82, 2.24) is 9.88 Å². The molecular weight excluding hydrogens is 368 g/mol. The third kappa shape index (κ3) is 3.40. The molecule has 3 aromatic carbocycles. The lowest BCUT2D eigenvalue weighted by Gasteiger charge is -2.36. The summed E-state index contributed by atoms with van der Waals surface area (Å²) in [4.78, 5) is 6.38. The van der Waals surface area contributed by atoms with Crippen LogP contribution in [0.25, 0.3) is 22.2 Å². The van der Waals surface area contributed by atoms with Crippen LogP contribution in [0.5, 0.6) is 5.75 Å². The highest BCUT2D eigenvalue weighted by Crippen LogP contribution is 2.43. The lowest BCUT2D eigenvalue weighted by Crippen LogP contribution is -2.34. The Morgan fingerprint density at radius 1 is 0.800 bits per heavy atom. The number of fused-ring (bicyclic) bond motifs is 1. The highest BCUT2D eigenvalue weighted by molar-refractivity contribution is 5.92. The van der Waals surface area contributed by atoms with Crippen LogP contribution < -0.4 is 4.74 Å². The van der Waals surface area contributed by atoms with Gasteiger partial charge in [0.25, 0.3) is 0 Å². The van der Waals surface area contributed by atoms with Gasteiger partial charge in [0.15, 0.2) is 0 Å². The summed E-state index contributed by atoms with van der Waals surface area (Å²) in [6.45, 7) is 2.22. The Hall–Kier alpha value is -3.04. The number of benzene rings is 3. The summed E-state index contributed by atoms with van der Waals surface area (Å²) >= 11 is 0. The summed E-state index contributed by atoms with van der Waals surface area (Å²) < 4.78 is 5.84. The number of hydrogen-bond acceptors (Lipinski definition) is 2. The number of H-pyrrole nitrogens is 1. The molecule has 1 aliphatic rings. The molecule has 3 heteroatoms. The normalized spacial score (nSPS) is 15.9. The van der Waals surface area contributed by atoms with Gasteiger partial charge in [0, 0.05) is 22.0 Å². The van der Waals surface area contributed by atoms with Gasteiger partial charge in [0.2, 0.25) is 0 Å². The highest BCUT2D eigenvalue weighted by atomic mass is 16.5. The van der Waals surface area contributed by atoms with Crippen molar-refractivity contribution in [1.29, 1.82) is 0 Å². The van der Waals surface area contributed by atoms with E-state index in [1.165, 1.54) is 52.5 Å². The predicted molar refractivity (Wildman–Crippen MR) is 124 cm³/mol. The summed E-state index contributed by atoms with van der Waals surface area (Å²) in [5, 5.41) is 1.29. The molecule has 0 radical (unpaired) electrons. The van der Waals surface area contributed by atoms with Crippen molar-refractivity contribution < 1.29 is 4.74 Å². The summed E-state index contributed by atoms with van der Waals surface area (Å²) in [7, 11) is 1.78. The molecule has 0 amide bonds. The van der Waals surface area contributed by atoms with E-state index in [2.05, 4.69) is 88.7 Å². The standard InChI is InChI=1S/C27H28N2O/c1-30-24-17-9-7-15-22(24)27(29-18-10-3-11-19-29)25-21-14-6-8-16-23(21)28-26(25)20-12-4-2-5-13-20/h2,4-9,12-17,27-28H,3,10-11,18-19H2,1H3. The number of hydrogen-bond donors (Lipinski definition) is 1. The molecule has 0 saturated carbocycles. The number of ether oxygens (including phenoxy) is 1. The van der Waals surface area contributed by atoms with Crippen molar-refractivity contribution in [3.63, 3.8) is 0 Å². The van der Waals surface area contributed by atoms with Gasteiger partial charge in [-0.15, -0.1) is 0 Å². The number of nitrogens with zero attached hydrogens (tertiary/aromatic N) is 1. The maximum Gasteiger partial charge on any atom is 0.123 e. The minimum Gasteiger partial charge on any atom is -0.496 e. The zero-order valence-corrected chi connectivity index (χ0v) is 17.5. The van der Waals surface area contributed by atoms with E-state index in [1.807, 2.05) is 0 Å². The maximum atomic E-state index is 5.84. The molecular formula is C27H28N2O. The van der Waals surface area contributed by atoms with Crippen LogP contribution in [0.4, 0.5) is 0 Å². The van der Waals surface area contributed by atoms with E-state index >= 15 is 0 Å². The van der Waals surface area contributed by atoms with Crippen LogP contribution in [-0.2, 0) is 0 Å². The van der Waals surface area contributed by atoms with E-state index in [0.29, 0.717) is 0 Å². The largest absolute Gasteiger partial charge is 0.496 e. The molecule has 1 fully saturated rings. The van der Waals surface area contributed by atoms with Gasteiger partial charge in [-0.3, -0.25) is 4.90 Å². The molecule has 4 aromatic rings. The second-order valence-electron chi connectivity index (χ2n) is 8.07. The zero-order valence-electron chi connectivity index (χ0n) is 17.5. The topological polar surface area (TPSA) is 28.3 Å². The first kappa shape index (κ1) is 19.0. The molecule has 1 atom stereocenters. The van der Waals surface area contributed by atoms with Crippen LogP contribution >= 0.6 is 0 Å². The summed E-state index contributed by atoms with van der Waals surface area (Å²) in [6, 6.07) is 28.0. The van der Waals surface area contributed by atoms with Crippen LogP contribution in [0.1, 0.15) is 36.4 Å². The number of nitrogens with one attached hydrogen (secondary N) is 1. The number of aromatic nitrogens is 1. The molecule has 2 heterocycles. The van der Waals surface area contributed by atoms with Crippen LogP contribution in [0, 0.1) is 0 Å². The Morgan fingerprint density at radius 2 is 1.50 bits per heavy atom. The van der Waals surface area contributed by atoms with Gasteiger partial charge in [-0.05, 0) is 43.6 Å². The van der Waals surface area contributed by atoms with Crippen molar-refractivity contribution in [3.05, 3.63) is 90.0 Å². The first-order valence-electron chi connectivity index (χ1n) is 10.9. The van der Waals surface area contributed by atoms with E-state index in [4.69, 9.17) is 4.74 Å². The van der Waals surface area contributed by atoms with Gasteiger partial charge in [0.1, 0.15) is 5.75 Å². The molecule has 1 saturated heterocycles. The van der Waals surface area contributed by atoms with Gasteiger partial charge < -0.3 is 9.72 Å². The van der Waals surface area contributed by atoms with Gasteiger partial charge in [0.05, 0.1) is 18.8 Å². The smallest absolute Gasteiger partial charge is 0.123 e. The highest BCUT2D eigenvalue weighted by Gasteiger charge is 2.31. The van der Waals surface area contributed by atoms with Gasteiger partial charge >= 0.3 is 0 Å². The SMILES string of the molecule is COc1ccccc1C(c1c(-c2ccccc2)[nH]c2ccccc12)N1CCCCC1. The van der Waals surface area contributed by atoms with E-state index in [9.17, 15) is 0 Å². The molecule has 1 aliphatic heterocycles. The number of para-hydroxylation sites is 2. The fraction of sp³-hybridized carbons (Fsp3) is 0.259. The number of methoxy groups -OCH3 is 1. The lowest BCUT2D eigenvalue weighted by atomic mass is 9.90.